The van der Waals surface area contributed by atoms with Crippen molar-refractivity contribution in [2.45, 2.75) is 12.5 Å². The van der Waals surface area contributed by atoms with Crippen molar-refractivity contribution in [2.24, 2.45) is 0 Å². The largest absolute Gasteiger partial charge is 0.497 e. The van der Waals surface area contributed by atoms with E-state index in [1.54, 1.807) is 24.3 Å². The Morgan fingerprint density at radius 3 is 2.54 bits per heavy atom. The highest BCUT2D eigenvalue weighted by molar-refractivity contribution is 5.96. The van der Waals surface area contributed by atoms with Crippen LogP contribution in [0.1, 0.15) is 21.5 Å². The summed E-state index contributed by atoms with van der Waals surface area (Å²) in [6.45, 7) is 0. The summed E-state index contributed by atoms with van der Waals surface area (Å²) in [5, 5.41) is 20.6. The molecular formula is C18H16N2O4. The number of hydrogen-bond donors (Lipinski definition) is 2. The average Bonchev–Trinajstić information content (AvgIpc) is 2.61. The van der Waals surface area contributed by atoms with Crippen LogP contribution in [0, 0.1) is 11.3 Å². The Morgan fingerprint density at radius 1 is 1.25 bits per heavy atom. The number of hydrogen-bond acceptors (Lipinski definition) is 4. The third kappa shape index (κ3) is 4.34. The molecule has 0 bridgehead atoms. The van der Waals surface area contributed by atoms with Crippen LogP contribution in [0.3, 0.4) is 0 Å². The summed E-state index contributed by atoms with van der Waals surface area (Å²) < 4.78 is 5.11. The Morgan fingerprint density at radius 2 is 1.96 bits per heavy atom. The van der Waals surface area contributed by atoms with Crippen LogP contribution in [0.4, 0.5) is 0 Å². The van der Waals surface area contributed by atoms with Crippen molar-refractivity contribution in [1.82, 2.24) is 5.32 Å². The molecule has 2 aromatic rings. The summed E-state index contributed by atoms with van der Waals surface area (Å²) >= 11 is 0. The number of nitriles is 1. The normalized spacial score (nSPS) is 11.2. The Kier molecular flexibility index (Phi) is 5.53. The highest BCUT2D eigenvalue weighted by Gasteiger charge is 2.21. The van der Waals surface area contributed by atoms with Crippen molar-refractivity contribution in [2.75, 3.05) is 7.11 Å². The van der Waals surface area contributed by atoms with Crippen LogP contribution in [0.25, 0.3) is 0 Å². The third-order valence-corrected chi connectivity index (χ3v) is 3.45. The highest BCUT2D eigenvalue weighted by Crippen LogP contribution is 2.14. The van der Waals surface area contributed by atoms with Gasteiger partial charge in [0.25, 0.3) is 5.91 Å². The van der Waals surface area contributed by atoms with E-state index in [1.165, 1.54) is 31.4 Å². The number of benzene rings is 2. The SMILES string of the molecule is COc1cccc(C[C@H](NC(=O)c2ccc(C#N)cc2)C(=O)O)c1. The van der Waals surface area contributed by atoms with Crippen molar-refractivity contribution < 1.29 is 19.4 Å². The van der Waals surface area contributed by atoms with E-state index in [4.69, 9.17) is 10.00 Å². The van der Waals surface area contributed by atoms with Crippen LogP contribution in [0.15, 0.2) is 48.5 Å². The smallest absolute Gasteiger partial charge is 0.326 e. The van der Waals surface area contributed by atoms with Gasteiger partial charge in [0, 0.05) is 12.0 Å². The number of nitrogens with zero attached hydrogens (tertiary/aromatic N) is 1. The maximum absolute atomic E-state index is 12.2. The molecule has 2 aromatic carbocycles. The van der Waals surface area contributed by atoms with E-state index < -0.39 is 17.9 Å². The van der Waals surface area contributed by atoms with Gasteiger partial charge in [-0.1, -0.05) is 12.1 Å². The zero-order valence-electron chi connectivity index (χ0n) is 13.0. The lowest BCUT2D eigenvalue weighted by Gasteiger charge is -2.15. The van der Waals surface area contributed by atoms with E-state index in [-0.39, 0.29) is 6.42 Å². The Bertz CT molecular complexity index is 778. The molecule has 0 spiro atoms. The summed E-state index contributed by atoms with van der Waals surface area (Å²) in [4.78, 5) is 23.6. The Labute approximate surface area is 139 Å². The molecule has 0 heterocycles. The lowest BCUT2D eigenvalue weighted by atomic mass is 10.0. The van der Waals surface area contributed by atoms with E-state index in [1.807, 2.05) is 6.07 Å². The summed E-state index contributed by atoms with van der Waals surface area (Å²) in [6.07, 6.45) is 0.133. The minimum atomic E-state index is -1.13. The quantitative estimate of drug-likeness (QED) is 0.846. The summed E-state index contributed by atoms with van der Waals surface area (Å²) in [7, 11) is 1.53. The second-order valence-electron chi connectivity index (χ2n) is 5.11. The molecule has 0 aliphatic heterocycles. The molecule has 0 aromatic heterocycles. The van der Waals surface area contributed by atoms with E-state index in [9.17, 15) is 14.7 Å². The molecule has 1 amide bonds. The fourth-order valence-corrected chi connectivity index (χ4v) is 2.17. The number of nitrogens with one attached hydrogen (secondary N) is 1. The van der Waals surface area contributed by atoms with Gasteiger partial charge in [-0.15, -0.1) is 0 Å². The molecule has 0 aliphatic carbocycles. The number of carbonyl (C=O) groups excluding carboxylic acids is 1. The van der Waals surface area contributed by atoms with Crippen molar-refractivity contribution in [3.05, 3.63) is 65.2 Å². The van der Waals surface area contributed by atoms with Gasteiger partial charge in [0.15, 0.2) is 0 Å². The van der Waals surface area contributed by atoms with Crippen LogP contribution in [0.5, 0.6) is 5.75 Å². The van der Waals surface area contributed by atoms with Crippen LogP contribution in [-0.4, -0.2) is 30.1 Å². The fraction of sp³-hybridized carbons (Fsp3) is 0.167. The molecule has 0 saturated carbocycles. The molecule has 0 aliphatic rings. The first-order chi connectivity index (χ1) is 11.5. The van der Waals surface area contributed by atoms with Gasteiger partial charge in [0.1, 0.15) is 11.8 Å². The zero-order chi connectivity index (χ0) is 17.5. The van der Waals surface area contributed by atoms with Gasteiger partial charge in [-0.2, -0.15) is 5.26 Å². The fourth-order valence-electron chi connectivity index (χ4n) is 2.17. The van der Waals surface area contributed by atoms with Gasteiger partial charge < -0.3 is 15.2 Å². The molecule has 2 N–H and O–H groups in total. The molecule has 1 atom stereocenters. The monoisotopic (exact) mass is 324 g/mol. The first kappa shape index (κ1) is 17.0. The summed E-state index contributed by atoms with van der Waals surface area (Å²) in [5.74, 6) is -1.01. The predicted molar refractivity (Wildman–Crippen MR) is 86.7 cm³/mol. The minimum absolute atomic E-state index is 0.133. The number of ether oxygens (including phenoxy) is 1. The van der Waals surface area contributed by atoms with Crippen LogP contribution < -0.4 is 10.1 Å². The number of methoxy groups -OCH3 is 1. The van der Waals surface area contributed by atoms with Gasteiger partial charge >= 0.3 is 5.97 Å². The van der Waals surface area contributed by atoms with Gasteiger partial charge in [-0.25, -0.2) is 4.79 Å². The zero-order valence-corrected chi connectivity index (χ0v) is 13.0. The van der Waals surface area contributed by atoms with Crippen molar-refractivity contribution in [3.8, 4) is 11.8 Å². The van der Waals surface area contributed by atoms with Crippen molar-refractivity contribution in [1.29, 1.82) is 5.26 Å². The van der Waals surface area contributed by atoms with E-state index in [2.05, 4.69) is 5.32 Å². The van der Waals surface area contributed by atoms with E-state index >= 15 is 0 Å². The molecule has 0 saturated heterocycles. The number of amides is 1. The van der Waals surface area contributed by atoms with E-state index in [0.717, 1.165) is 5.56 Å². The molecule has 24 heavy (non-hydrogen) atoms. The highest BCUT2D eigenvalue weighted by atomic mass is 16.5. The molecule has 6 heteroatoms. The second-order valence-corrected chi connectivity index (χ2v) is 5.11. The number of carboxylic acid groups (broad SMARTS) is 1. The summed E-state index contributed by atoms with van der Waals surface area (Å²) in [5.41, 5.74) is 1.46. The van der Waals surface area contributed by atoms with Gasteiger partial charge in [0.05, 0.1) is 18.7 Å². The van der Waals surface area contributed by atoms with Gasteiger partial charge in [-0.05, 0) is 42.0 Å². The standard InChI is InChI=1S/C18H16N2O4/c1-24-15-4-2-3-13(9-15)10-16(18(22)23)20-17(21)14-7-5-12(11-19)6-8-14/h2-9,16H,10H2,1H3,(H,20,21)(H,22,23)/t16-/m0/s1. The third-order valence-electron chi connectivity index (χ3n) is 3.45. The van der Waals surface area contributed by atoms with Crippen LogP contribution in [-0.2, 0) is 11.2 Å². The Hall–Kier alpha value is -3.33. The van der Waals surface area contributed by atoms with E-state index in [0.29, 0.717) is 16.9 Å². The lowest BCUT2D eigenvalue weighted by molar-refractivity contribution is -0.139. The number of aliphatic carboxylic acids is 1. The molecule has 0 unspecified atom stereocenters. The molecule has 122 valence electrons. The molecule has 0 fully saturated rings. The molecule has 2 rings (SSSR count). The number of carbonyl (C=O) groups is 2. The maximum Gasteiger partial charge on any atom is 0.326 e. The first-order valence-corrected chi connectivity index (χ1v) is 7.20. The first-order valence-electron chi connectivity index (χ1n) is 7.20. The number of carboxylic acids is 1. The van der Waals surface area contributed by atoms with Crippen molar-refractivity contribution >= 4 is 11.9 Å². The molecule has 6 nitrogen and oxygen atoms in total. The van der Waals surface area contributed by atoms with Crippen molar-refractivity contribution in [3.63, 3.8) is 0 Å². The number of rotatable bonds is 6. The molecular weight excluding hydrogens is 308 g/mol. The topological polar surface area (TPSA) is 99.4 Å². The lowest BCUT2D eigenvalue weighted by Crippen LogP contribution is -2.42. The van der Waals surface area contributed by atoms with Crippen LogP contribution in [0.2, 0.25) is 0 Å². The molecule has 0 radical (unpaired) electrons. The predicted octanol–water partition coefficient (Wildman–Crippen LogP) is 1.99. The van der Waals surface area contributed by atoms with Gasteiger partial charge in [0.2, 0.25) is 0 Å². The summed E-state index contributed by atoms with van der Waals surface area (Å²) in [6, 6.07) is 13.9. The van der Waals surface area contributed by atoms with Gasteiger partial charge in [-0.3, -0.25) is 4.79 Å². The average molecular weight is 324 g/mol. The van der Waals surface area contributed by atoms with Crippen LogP contribution >= 0.6 is 0 Å². The second kappa shape index (κ2) is 7.79. The maximum atomic E-state index is 12.2. The Balaban J connectivity index is 2.11. The minimum Gasteiger partial charge on any atom is -0.497 e.